The lowest BCUT2D eigenvalue weighted by Gasteiger charge is -2.22. The first-order chi connectivity index (χ1) is 10.5. The first-order valence-electron chi connectivity index (χ1n) is 6.73. The maximum absolute atomic E-state index is 12.8. The summed E-state index contributed by atoms with van der Waals surface area (Å²) in [4.78, 5) is 13.7. The second-order valence-corrected chi connectivity index (χ2v) is 6.54. The minimum Gasteiger partial charge on any atom is -0.408 e. The van der Waals surface area contributed by atoms with Crippen LogP contribution in [0.25, 0.3) is 11.1 Å². The van der Waals surface area contributed by atoms with Gasteiger partial charge >= 0.3 is 5.76 Å². The number of rotatable bonds is 4. The van der Waals surface area contributed by atoms with Gasteiger partial charge in [-0.2, -0.15) is 0 Å². The highest BCUT2D eigenvalue weighted by Crippen LogP contribution is 2.25. The predicted molar refractivity (Wildman–Crippen MR) is 83.5 cm³/mol. The Labute approximate surface area is 127 Å². The third-order valence-electron chi connectivity index (χ3n) is 3.31. The molecule has 3 aromatic rings. The summed E-state index contributed by atoms with van der Waals surface area (Å²) in [5.74, 6) is -0.611. The number of nitrogens with zero attached hydrogens (tertiary/aromatic N) is 1. The van der Waals surface area contributed by atoms with E-state index >= 15 is 0 Å². The Morgan fingerprint density at radius 1 is 1.14 bits per heavy atom. The predicted octanol–water partition coefficient (Wildman–Crippen LogP) is 2.34. The Morgan fingerprint density at radius 2 is 1.86 bits per heavy atom. The zero-order valence-corrected chi connectivity index (χ0v) is 12.6. The first-order valence-corrected chi connectivity index (χ1v) is 8.17. The fourth-order valence-corrected chi connectivity index (χ4v) is 3.80. The largest absolute Gasteiger partial charge is 0.417 e. The number of oxazole rings is 1. The first kappa shape index (κ1) is 14.4. The van der Waals surface area contributed by atoms with Crippen molar-refractivity contribution in [3.63, 3.8) is 0 Å². The molecule has 22 heavy (non-hydrogen) atoms. The number of nitrogens with one attached hydrogen (secondary N) is 1. The summed E-state index contributed by atoms with van der Waals surface area (Å²) in [5, 5.41) is 0. The molecule has 0 aliphatic rings. The lowest BCUT2D eigenvalue weighted by Crippen LogP contribution is -2.30. The van der Waals surface area contributed by atoms with E-state index in [4.69, 9.17) is 4.42 Å². The summed E-state index contributed by atoms with van der Waals surface area (Å²) < 4.78 is 31.8. The molecule has 1 N–H and O–H groups in total. The van der Waals surface area contributed by atoms with Crippen LogP contribution in [0.2, 0.25) is 0 Å². The van der Waals surface area contributed by atoms with Gasteiger partial charge in [0.1, 0.15) is 0 Å². The smallest absolute Gasteiger partial charge is 0.408 e. The standard InChI is InChI=1S/C15H14N2O4S/c1-2-17(11-6-4-3-5-7-11)22(19,20)12-8-9-14-13(10-12)16-15(18)21-14/h3-10H,2H2,1H3,(H,16,18). The molecule has 3 rings (SSSR count). The number of hydrogen-bond donors (Lipinski definition) is 1. The van der Waals surface area contributed by atoms with Crippen LogP contribution in [0.15, 0.2) is 62.6 Å². The fraction of sp³-hybridized carbons (Fsp3) is 0.133. The number of aromatic nitrogens is 1. The topological polar surface area (TPSA) is 83.4 Å². The van der Waals surface area contributed by atoms with Crippen molar-refractivity contribution in [1.82, 2.24) is 4.98 Å². The average molecular weight is 318 g/mol. The van der Waals surface area contributed by atoms with E-state index in [-0.39, 0.29) is 4.90 Å². The molecule has 0 amide bonds. The van der Waals surface area contributed by atoms with Crippen molar-refractivity contribution in [2.24, 2.45) is 0 Å². The number of fused-ring (bicyclic) bond motifs is 1. The van der Waals surface area contributed by atoms with E-state index < -0.39 is 15.8 Å². The Kier molecular flexibility index (Phi) is 3.50. The second kappa shape index (κ2) is 5.34. The second-order valence-electron chi connectivity index (χ2n) is 4.68. The van der Waals surface area contributed by atoms with Gasteiger partial charge in [0.15, 0.2) is 5.58 Å². The molecule has 0 radical (unpaired) electrons. The molecule has 0 saturated heterocycles. The third kappa shape index (κ3) is 2.39. The molecule has 0 atom stereocenters. The summed E-state index contributed by atoms with van der Waals surface area (Å²) in [7, 11) is -3.72. The zero-order valence-electron chi connectivity index (χ0n) is 11.8. The third-order valence-corrected chi connectivity index (χ3v) is 5.21. The van der Waals surface area contributed by atoms with Crippen LogP contribution in [0.5, 0.6) is 0 Å². The van der Waals surface area contributed by atoms with Gasteiger partial charge in [-0.15, -0.1) is 0 Å². The molecule has 0 unspecified atom stereocenters. The van der Waals surface area contributed by atoms with Crippen molar-refractivity contribution in [1.29, 1.82) is 0 Å². The van der Waals surface area contributed by atoms with Crippen molar-refractivity contribution in [2.75, 3.05) is 10.8 Å². The van der Waals surface area contributed by atoms with E-state index in [0.29, 0.717) is 23.3 Å². The summed E-state index contributed by atoms with van der Waals surface area (Å²) in [6, 6.07) is 13.2. The molecular formula is C15H14N2O4S. The van der Waals surface area contributed by atoms with Crippen molar-refractivity contribution >= 4 is 26.8 Å². The van der Waals surface area contributed by atoms with Crippen LogP contribution in [0.1, 0.15) is 6.92 Å². The van der Waals surface area contributed by atoms with E-state index in [2.05, 4.69) is 4.98 Å². The molecule has 0 bridgehead atoms. The van der Waals surface area contributed by atoms with Gasteiger partial charge in [-0.1, -0.05) is 18.2 Å². The average Bonchev–Trinajstić information content (AvgIpc) is 2.88. The molecule has 1 aromatic heterocycles. The normalized spacial score (nSPS) is 11.7. The Morgan fingerprint density at radius 3 is 2.55 bits per heavy atom. The molecule has 1 heterocycles. The highest BCUT2D eigenvalue weighted by molar-refractivity contribution is 7.92. The number of hydrogen-bond acceptors (Lipinski definition) is 4. The fourth-order valence-electron chi connectivity index (χ4n) is 2.30. The van der Waals surface area contributed by atoms with Gasteiger partial charge in [0.05, 0.1) is 16.1 Å². The number of benzene rings is 2. The molecule has 2 aromatic carbocycles. The Balaban J connectivity index is 2.11. The highest BCUT2D eigenvalue weighted by atomic mass is 32.2. The van der Waals surface area contributed by atoms with E-state index in [1.807, 2.05) is 6.07 Å². The van der Waals surface area contributed by atoms with Gasteiger partial charge in [-0.3, -0.25) is 9.29 Å². The molecular weight excluding hydrogens is 304 g/mol. The van der Waals surface area contributed by atoms with E-state index in [1.54, 1.807) is 31.2 Å². The van der Waals surface area contributed by atoms with E-state index in [1.165, 1.54) is 22.5 Å². The molecule has 7 heteroatoms. The van der Waals surface area contributed by atoms with Gasteiger partial charge < -0.3 is 4.42 Å². The maximum Gasteiger partial charge on any atom is 0.417 e. The molecule has 0 fully saturated rings. The van der Waals surface area contributed by atoms with Gasteiger partial charge in [-0.25, -0.2) is 13.2 Å². The maximum atomic E-state index is 12.8. The monoisotopic (exact) mass is 318 g/mol. The SMILES string of the molecule is CCN(c1ccccc1)S(=O)(=O)c1ccc2oc(=O)[nH]c2c1. The van der Waals surface area contributed by atoms with E-state index in [9.17, 15) is 13.2 Å². The molecule has 0 aliphatic carbocycles. The number of aromatic amines is 1. The molecule has 6 nitrogen and oxygen atoms in total. The Bertz CT molecular complexity index is 958. The number of sulfonamides is 1. The van der Waals surface area contributed by atoms with Crippen molar-refractivity contribution in [3.8, 4) is 0 Å². The summed E-state index contributed by atoms with van der Waals surface area (Å²) in [5.41, 5.74) is 1.27. The van der Waals surface area contributed by atoms with Crippen molar-refractivity contribution < 1.29 is 12.8 Å². The summed E-state index contributed by atoms with van der Waals surface area (Å²) in [6.45, 7) is 2.06. The molecule has 0 saturated carbocycles. The number of para-hydroxylation sites is 1. The van der Waals surface area contributed by atoms with Crippen LogP contribution in [-0.4, -0.2) is 19.9 Å². The molecule has 114 valence electrons. The quantitative estimate of drug-likeness (QED) is 0.800. The zero-order chi connectivity index (χ0) is 15.7. The van der Waals surface area contributed by atoms with Gasteiger partial charge in [0, 0.05) is 6.54 Å². The van der Waals surface area contributed by atoms with Gasteiger partial charge in [0.2, 0.25) is 0 Å². The van der Waals surface area contributed by atoms with Crippen LogP contribution in [-0.2, 0) is 10.0 Å². The lowest BCUT2D eigenvalue weighted by molar-refractivity contribution is 0.555. The lowest BCUT2D eigenvalue weighted by atomic mass is 10.3. The minimum absolute atomic E-state index is 0.0998. The van der Waals surface area contributed by atoms with Gasteiger partial charge in [-0.05, 0) is 37.3 Å². The van der Waals surface area contributed by atoms with Crippen molar-refractivity contribution in [3.05, 3.63) is 59.1 Å². The Hall–Kier alpha value is -2.54. The minimum atomic E-state index is -3.72. The van der Waals surface area contributed by atoms with Gasteiger partial charge in [0.25, 0.3) is 10.0 Å². The number of H-pyrrole nitrogens is 1. The van der Waals surface area contributed by atoms with E-state index in [0.717, 1.165) is 0 Å². The highest BCUT2D eigenvalue weighted by Gasteiger charge is 2.24. The molecule has 0 aliphatic heterocycles. The van der Waals surface area contributed by atoms with Crippen LogP contribution in [0, 0.1) is 0 Å². The summed E-state index contributed by atoms with van der Waals surface area (Å²) >= 11 is 0. The van der Waals surface area contributed by atoms with Crippen LogP contribution in [0.4, 0.5) is 5.69 Å². The van der Waals surface area contributed by atoms with Crippen LogP contribution in [0.3, 0.4) is 0 Å². The molecule has 0 spiro atoms. The summed E-state index contributed by atoms with van der Waals surface area (Å²) in [6.07, 6.45) is 0. The number of anilines is 1. The van der Waals surface area contributed by atoms with Crippen LogP contribution < -0.4 is 10.1 Å². The van der Waals surface area contributed by atoms with Crippen molar-refractivity contribution in [2.45, 2.75) is 11.8 Å². The van der Waals surface area contributed by atoms with Crippen LogP contribution >= 0.6 is 0 Å².